The Labute approximate surface area is 162 Å². The number of carbonyl (C=O) groups is 1. The molecule has 0 radical (unpaired) electrons. The van der Waals surface area contributed by atoms with Crippen LogP contribution in [0.2, 0.25) is 10.0 Å². The van der Waals surface area contributed by atoms with Gasteiger partial charge < -0.3 is 15.1 Å². The molecule has 2 aromatic rings. The first-order valence-corrected chi connectivity index (χ1v) is 9.43. The van der Waals surface area contributed by atoms with Crippen molar-refractivity contribution in [1.29, 1.82) is 0 Å². The van der Waals surface area contributed by atoms with Crippen molar-refractivity contribution in [2.45, 2.75) is 18.8 Å². The number of rotatable bonds is 3. The quantitative estimate of drug-likeness (QED) is 0.857. The molecule has 1 aromatic carbocycles. The maximum absolute atomic E-state index is 12.5. The molecule has 0 bridgehead atoms. The molecule has 0 unspecified atom stereocenters. The molecule has 136 valence electrons. The van der Waals surface area contributed by atoms with Crippen LogP contribution in [-0.4, -0.2) is 47.1 Å². The van der Waals surface area contributed by atoms with E-state index in [0.717, 1.165) is 24.6 Å². The standard InChI is InChI=1S/C18H19Cl2N5O/c19-13-3-4-14(20)16(9-13)23-18(26)25-7-5-24(6-8-25)17-10-15(12-1-2-12)21-11-22-17/h3-4,9-12H,1-2,5-8H2,(H,23,26). The molecule has 2 heterocycles. The number of halogens is 2. The molecule has 1 aromatic heterocycles. The average molecular weight is 392 g/mol. The number of nitrogens with zero attached hydrogens (tertiary/aromatic N) is 4. The topological polar surface area (TPSA) is 61.4 Å². The summed E-state index contributed by atoms with van der Waals surface area (Å²) in [5.74, 6) is 1.55. The van der Waals surface area contributed by atoms with E-state index in [1.54, 1.807) is 29.4 Å². The van der Waals surface area contributed by atoms with E-state index in [-0.39, 0.29) is 6.03 Å². The van der Waals surface area contributed by atoms with Crippen molar-refractivity contribution in [3.05, 3.63) is 46.3 Å². The predicted molar refractivity (Wildman–Crippen MR) is 103 cm³/mol. The fourth-order valence-corrected chi connectivity index (χ4v) is 3.40. The molecule has 6 nitrogen and oxygen atoms in total. The summed E-state index contributed by atoms with van der Waals surface area (Å²) in [7, 11) is 0. The molecule has 2 fully saturated rings. The molecule has 1 aliphatic carbocycles. The van der Waals surface area contributed by atoms with Crippen LogP contribution < -0.4 is 10.2 Å². The molecule has 4 rings (SSSR count). The third-order valence-corrected chi connectivity index (χ3v) is 5.29. The van der Waals surface area contributed by atoms with E-state index in [0.29, 0.717) is 34.7 Å². The number of nitrogens with one attached hydrogen (secondary N) is 1. The average Bonchev–Trinajstić information content (AvgIpc) is 3.50. The lowest BCUT2D eigenvalue weighted by molar-refractivity contribution is 0.208. The van der Waals surface area contributed by atoms with E-state index in [1.165, 1.54) is 12.8 Å². The first kappa shape index (κ1) is 17.4. The number of hydrogen-bond donors (Lipinski definition) is 1. The van der Waals surface area contributed by atoms with Crippen molar-refractivity contribution in [1.82, 2.24) is 14.9 Å². The van der Waals surface area contributed by atoms with Gasteiger partial charge in [0.05, 0.1) is 10.7 Å². The summed E-state index contributed by atoms with van der Waals surface area (Å²) in [5.41, 5.74) is 1.65. The van der Waals surface area contributed by atoms with Crippen LogP contribution in [0.15, 0.2) is 30.6 Å². The summed E-state index contributed by atoms with van der Waals surface area (Å²) in [6, 6.07) is 6.92. The Bertz CT molecular complexity index is 819. The lowest BCUT2D eigenvalue weighted by Gasteiger charge is -2.35. The zero-order chi connectivity index (χ0) is 18.1. The second kappa shape index (κ2) is 7.29. The van der Waals surface area contributed by atoms with Gasteiger partial charge in [0, 0.05) is 48.9 Å². The normalized spacial score (nSPS) is 17.3. The fraction of sp³-hybridized carbons (Fsp3) is 0.389. The maximum atomic E-state index is 12.5. The monoisotopic (exact) mass is 391 g/mol. The summed E-state index contributed by atoms with van der Waals surface area (Å²) >= 11 is 12.1. The van der Waals surface area contributed by atoms with Crippen LogP contribution in [0, 0.1) is 0 Å². The van der Waals surface area contributed by atoms with Gasteiger partial charge in [-0.1, -0.05) is 23.2 Å². The molecular formula is C18H19Cl2N5O. The van der Waals surface area contributed by atoms with Crippen LogP contribution in [0.1, 0.15) is 24.5 Å². The van der Waals surface area contributed by atoms with E-state index >= 15 is 0 Å². The van der Waals surface area contributed by atoms with Gasteiger partial charge in [0.25, 0.3) is 0 Å². The lowest BCUT2D eigenvalue weighted by atomic mass is 10.2. The second-order valence-electron chi connectivity index (χ2n) is 6.60. The molecule has 2 amide bonds. The Balaban J connectivity index is 1.36. The van der Waals surface area contributed by atoms with Crippen molar-refractivity contribution in [2.75, 3.05) is 36.4 Å². The number of carbonyl (C=O) groups excluding carboxylic acids is 1. The van der Waals surface area contributed by atoms with Crippen LogP contribution in [0.25, 0.3) is 0 Å². The molecule has 8 heteroatoms. The molecule has 2 aliphatic rings. The number of urea groups is 1. The number of benzene rings is 1. The largest absolute Gasteiger partial charge is 0.353 e. The van der Waals surface area contributed by atoms with Crippen LogP contribution >= 0.6 is 23.2 Å². The van der Waals surface area contributed by atoms with Crippen LogP contribution in [-0.2, 0) is 0 Å². The molecule has 0 atom stereocenters. The van der Waals surface area contributed by atoms with Gasteiger partial charge in [-0.3, -0.25) is 0 Å². The fourth-order valence-electron chi connectivity index (χ4n) is 3.06. The first-order valence-electron chi connectivity index (χ1n) is 8.68. The summed E-state index contributed by atoms with van der Waals surface area (Å²) in [6.07, 6.45) is 4.08. The molecule has 26 heavy (non-hydrogen) atoms. The second-order valence-corrected chi connectivity index (χ2v) is 7.45. The molecule has 1 saturated heterocycles. The smallest absolute Gasteiger partial charge is 0.322 e. The van der Waals surface area contributed by atoms with Gasteiger partial charge in [-0.25, -0.2) is 14.8 Å². The highest BCUT2D eigenvalue weighted by molar-refractivity contribution is 6.35. The molecular weight excluding hydrogens is 373 g/mol. The third kappa shape index (κ3) is 3.86. The highest BCUT2D eigenvalue weighted by Crippen LogP contribution is 2.39. The highest BCUT2D eigenvalue weighted by atomic mass is 35.5. The van der Waals surface area contributed by atoms with E-state index in [1.807, 2.05) is 0 Å². The van der Waals surface area contributed by atoms with Gasteiger partial charge in [0.2, 0.25) is 0 Å². The molecule has 1 saturated carbocycles. The Morgan fingerprint density at radius 2 is 1.85 bits per heavy atom. The molecule has 0 spiro atoms. The number of aromatic nitrogens is 2. The first-order chi connectivity index (χ1) is 12.6. The van der Waals surface area contributed by atoms with Crippen LogP contribution in [0.3, 0.4) is 0 Å². The summed E-state index contributed by atoms with van der Waals surface area (Å²) < 4.78 is 0. The van der Waals surface area contributed by atoms with Gasteiger partial charge in [0.1, 0.15) is 12.1 Å². The van der Waals surface area contributed by atoms with Gasteiger partial charge in [0.15, 0.2) is 0 Å². The van der Waals surface area contributed by atoms with E-state index in [4.69, 9.17) is 23.2 Å². The Hall–Kier alpha value is -2.05. The Morgan fingerprint density at radius 3 is 2.58 bits per heavy atom. The maximum Gasteiger partial charge on any atom is 0.322 e. The summed E-state index contributed by atoms with van der Waals surface area (Å²) in [6.45, 7) is 2.70. The Kier molecular flexibility index (Phi) is 4.87. The summed E-state index contributed by atoms with van der Waals surface area (Å²) in [4.78, 5) is 25.2. The zero-order valence-electron chi connectivity index (χ0n) is 14.2. The van der Waals surface area contributed by atoms with E-state index < -0.39 is 0 Å². The minimum Gasteiger partial charge on any atom is -0.353 e. The Morgan fingerprint density at radius 1 is 1.08 bits per heavy atom. The minimum absolute atomic E-state index is 0.171. The van der Waals surface area contributed by atoms with E-state index in [9.17, 15) is 4.79 Å². The predicted octanol–water partition coefficient (Wildman–Crippen LogP) is 4.01. The SMILES string of the molecule is O=C(Nc1cc(Cl)ccc1Cl)N1CCN(c2cc(C3CC3)ncn2)CC1. The molecule has 1 aliphatic heterocycles. The van der Waals surface area contributed by atoms with Gasteiger partial charge >= 0.3 is 6.03 Å². The highest BCUT2D eigenvalue weighted by Gasteiger charge is 2.27. The van der Waals surface area contributed by atoms with E-state index in [2.05, 4.69) is 26.3 Å². The van der Waals surface area contributed by atoms with Crippen molar-refractivity contribution >= 4 is 40.7 Å². The van der Waals surface area contributed by atoms with Crippen molar-refractivity contribution in [2.24, 2.45) is 0 Å². The summed E-state index contributed by atoms with van der Waals surface area (Å²) in [5, 5.41) is 3.83. The third-order valence-electron chi connectivity index (χ3n) is 4.73. The number of hydrogen-bond acceptors (Lipinski definition) is 4. The lowest BCUT2D eigenvalue weighted by Crippen LogP contribution is -2.50. The number of amides is 2. The van der Waals surface area contributed by atoms with Gasteiger partial charge in [-0.2, -0.15) is 0 Å². The van der Waals surface area contributed by atoms with Crippen molar-refractivity contribution in [3.8, 4) is 0 Å². The zero-order valence-corrected chi connectivity index (χ0v) is 15.7. The van der Waals surface area contributed by atoms with Gasteiger partial charge in [-0.05, 0) is 31.0 Å². The van der Waals surface area contributed by atoms with Gasteiger partial charge in [-0.15, -0.1) is 0 Å². The number of piperazine rings is 1. The number of anilines is 2. The van der Waals surface area contributed by atoms with Crippen molar-refractivity contribution in [3.63, 3.8) is 0 Å². The molecule has 1 N–H and O–H groups in total. The van der Waals surface area contributed by atoms with Crippen LogP contribution in [0.4, 0.5) is 16.3 Å². The van der Waals surface area contributed by atoms with Crippen LogP contribution in [0.5, 0.6) is 0 Å². The minimum atomic E-state index is -0.171. The van der Waals surface area contributed by atoms with Crippen molar-refractivity contribution < 1.29 is 4.79 Å².